The number of benzene rings is 2. The number of ether oxygens (including phenoxy) is 3. The molecule has 0 aliphatic carbocycles. The number of carbonyl (C=O) groups is 2. The van der Waals surface area contributed by atoms with E-state index in [9.17, 15) is 9.59 Å². The molecule has 0 saturated heterocycles. The van der Waals surface area contributed by atoms with Gasteiger partial charge in [0.05, 0.1) is 12.8 Å². The number of hydrogen-bond acceptors (Lipinski definition) is 6. The lowest BCUT2D eigenvalue weighted by atomic mass is 10.1. The van der Waals surface area contributed by atoms with E-state index < -0.39 is 18.5 Å². The second-order valence-electron chi connectivity index (χ2n) is 7.33. The van der Waals surface area contributed by atoms with Crippen LogP contribution in [0.25, 0.3) is 0 Å². The molecule has 0 aliphatic rings. The number of esters is 2. The zero-order valence-corrected chi connectivity index (χ0v) is 18.4. The second-order valence-corrected chi connectivity index (χ2v) is 7.33. The van der Waals surface area contributed by atoms with E-state index in [4.69, 9.17) is 9.47 Å². The van der Waals surface area contributed by atoms with Gasteiger partial charge >= 0.3 is 11.9 Å². The summed E-state index contributed by atoms with van der Waals surface area (Å²) in [6.45, 7) is 0.908. The lowest BCUT2D eigenvalue weighted by molar-refractivity contribution is -0.144. The van der Waals surface area contributed by atoms with Crippen molar-refractivity contribution in [2.45, 2.75) is 19.4 Å². The molecule has 1 N–H and O–H groups in total. The lowest BCUT2D eigenvalue weighted by Gasteiger charge is -2.08. The Balaban J connectivity index is 1.39. The number of carbonyl (C=O) groups excluding carboxylic acids is 2. The molecule has 0 saturated carbocycles. The fourth-order valence-corrected chi connectivity index (χ4v) is 3.14. The summed E-state index contributed by atoms with van der Waals surface area (Å²) in [5.74, 6) is -0.311. The third-order valence-corrected chi connectivity index (χ3v) is 4.91. The Hall–Kier alpha value is -3.74. The number of hydrogen-bond donors (Lipinski definition) is 1. The van der Waals surface area contributed by atoms with Crippen LogP contribution in [0.3, 0.4) is 0 Å². The maximum Gasteiger partial charge on any atom is 0.355 e. The SMILES string of the molecule is COC(=O)COC(=O)c1cc(NCCCc2ccc(OCc3ccccc3)cc2)cn1C. The van der Waals surface area contributed by atoms with Crippen LogP contribution in [-0.4, -0.2) is 36.8 Å². The van der Waals surface area contributed by atoms with E-state index in [0.29, 0.717) is 12.3 Å². The minimum atomic E-state index is -0.596. The van der Waals surface area contributed by atoms with E-state index in [2.05, 4.69) is 22.2 Å². The first-order valence-corrected chi connectivity index (χ1v) is 10.4. The molecule has 0 fully saturated rings. The molecule has 168 valence electrons. The van der Waals surface area contributed by atoms with Crippen LogP contribution >= 0.6 is 0 Å². The summed E-state index contributed by atoms with van der Waals surface area (Å²) in [5.41, 5.74) is 3.56. The van der Waals surface area contributed by atoms with Gasteiger partial charge in [0.1, 0.15) is 18.1 Å². The number of anilines is 1. The summed E-state index contributed by atoms with van der Waals surface area (Å²) in [4.78, 5) is 23.2. The molecule has 0 amide bonds. The minimum Gasteiger partial charge on any atom is -0.489 e. The highest BCUT2D eigenvalue weighted by molar-refractivity contribution is 5.90. The van der Waals surface area contributed by atoms with Crippen molar-refractivity contribution in [3.8, 4) is 5.75 Å². The summed E-state index contributed by atoms with van der Waals surface area (Å²) in [6, 6.07) is 19.9. The summed E-state index contributed by atoms with van der Waals surface area (Å²) in [5, 5.41) is 3.31. The van der Waals surface area contributed by atoms with Crippen LogP contribution in [0, 0.1) is 0 Å². The molecular weight excluding hydrogens is 408 g/mol. The van der Waals surface area contributed by atoms with Crippen LogP contribution in [0.4, 0.5) is 5.69 Å². The molecule has 0 atom stereocenters. The molecule has 1 heterocycles. The Morgan fingerprint density at radius 1 is 1.00 bits per heavy atom. The highest BCUT2D eigenvalue weighted by Crippen LogP contribution is 2.17. The number of aryl methyl sites for hydroxylation is 2. The van der Waals surface area contributed by atoms with Gasteiger partial charge in [-0.1, -0.05) is 42.5 Å². The van der Waals surface area contributed by atoms with Crippen molar-refractivity contribution in [2.75, 3.05) is 25.6 Å². The van der Waals surface area contributed by atoms with Gasteiger partial charge in [-0.05, 0) is 42.2 Å². The molecule has 0 bridgehead atoms. The quantitative estimate of drug-likeness (QED) is 0.362. The van der Waals surface area contributed by atoms with Crippen LogP contribution < -0.4 is 10.1 Å². The van der Waals surface area contributed by atoms with Gasteiger partial charge in [0.25, 0.3) is 0 Å². The Morgan fingerprint density at radius 2 is 1.75 bits per heavy atom. The van der Waals surface area contributed by atoms with Crippen molar-refractivity contribution in [3.05, 3.63) is 83.7 Å². The standard InChI is InChI=1S/C25H28N2O5/c1-27-16-21(15-23(27)25(29)32-18-24(28)30-2)26-14-6-9-19-10-12-22(13-11-19)31-17-20-7-4-3-5-8-20/h3-5,7-8,10-13,15-16,26H,6,9,14,17-18H2,1-2H3. The van der Waals surface area contributed by atoms with Crippen LogP contribution in [-0.2, 0) is 34.3 Å². The van der Waals surface area contributed by atoms with Crippen molar-refractivity contribution in [1.82, 2.24) is 4.57 Å². The molecule has 7 nitrogen and oxygen atoms in total. The van der Waals surface area contributed by atoms with Crippen LogP contribution in [0.15, 0.2) is 66.9 Å². The number of rotatable bonds is 11. The molecule has 0 aliphatic heterocycles. The fraction of sp³-hybridized carbons (Fsp3) is 0.280. The first-order valence-electron chi connectivity index (χ1n) is 10.4. The normalized spacial score (nSPS) is 10.4. The minimum absolute atomic E-state index is 0.363. The largest absolute Gasteiger partial charge is 0.489 e. The summed E-state index contributed by atoms with van der Waals surface area (Å²) in [6.07, 6.45) is 3.67. The highest BCUT2D eigenvalue weighted by Gasteiger charge is 2.15. The molecule has 0 unspecified atom stereocenters. The molecule has 0 radical (unpaired) electrons. The third-order valence-electron chi connectivity index (χ3n) is 4.91. The zero-order chi connectivity index (χ0) is 22.8. The molecule has 32 heavy (non-hydrogen) atoms. The second kappa shape index (κ2) is 11.6. The lowest BCUT2D eigenvalue weighted by Crippen LogP contribution is -2.16. The molecule has 1 aromatic heterocycles. The Kier molecular flexibility index (Phi) is 8.31. The zero-order valence-electron chi connectivity index (χ0n) is 18.4. The fourth-order valence-electron chi connectivity index (χ4n) is 3.14. The summed E-state index contributed by atoms with van der Waals surface area (Å²) in [7, 11) is 3.00. The van der Waals surface area contributed by atoms with E-state index in [1.165, 1.54) is 12.7 Å². The first-order chi connectivity index (χ1) is 15.5. The van der Waals surface area contributed by atoms with Gasteiger partial charge in [0, 0.05) is 19.8 Å². The molecular formula is C25H28N2O5. The van der Waals surface area contributed by atoms with Gasteiger partial charge in [0.15, 0.2) is 6.61 Å². The Bertz CT molecular complexity index is 1010. The molecule has 0 spiro atoms. The summed E-state index contributed by atoms with van der Waals surface area (Å²) < 4.78 is 16.9. The maximum absolute atomic E-state index is 12.1. The van der Waals surface area contributed by atoms with E-state index >= 15 is 0 Å². The topological polar surface area (TPSA) is 78.8 Å². The molecule has 3 aromatic rings. The average Bonchev–Trinajstić information content (AvgIpc) is 3.20. The van der Waals surface area contributed by atoms with Gasteiger partial charge in [-0.25, -0.2) is 9.59 Å². The van der Waals surface area contributed by atoms with Gasteiger partial charge in [-0.15, -0.1) is 0 Å². The number of aromatic nitrogens is 1. The van der Waals surface area contributed by atoms with E-state index in [1.54, 1.807) is 17.7 Å². The van der Waals surface area contributed by atoms with Crippen LogP contribution in [0.1, 0.15) is 28.0 Å². The van der Waals surface area contributed by atoms with Crippen molar-refractivity contribution in [1.29, 1.82) is 0 Å². The maximum atomic E-state index is 12.1. The number of nitrogens with one attached hydrogen (secondary N) is 1. The van der Waals surface area contributed by atoms with Gasteiger partial charge in [-0.2, -0.15) is 0 Å². The van der Waals surface area contributed by atoms with Gasteiger partial charge in [0.2, 0.25) is 0 Å². The highest BCUT2D eigenvalue weighted by atomic mass is 16.6. The van der Waals surface area contributed by atoms with E-state index in [1.807, 2.05) is 48.7 Å². The van der Waals surface area contributed by atoms with E-state index in [0.717, 1.165) is 36.4 Å². The van der Waals surface area contributed by atoms with Gasteiger partial charge in [-0.3, -0.25) is 0 Å². The Morgan fingerprint density at radius 3 is 2.47 bits per heavy atom. The molecule has 7 heteroatoms. The molecule has 3 rings (SSSR count). The molecule has 2 aromatic carbocycles. The van der Waals surface area contributed by atoms with Crippen molar-refractivity contribution in [3.63, 3.8) is 0 Å². The van der Waals surface area contributed by atoms with Crippen molar-refractivity contribution < 1.29 is 23.8 Å². The summed E-state index contributed by atoms with van der Waals surface area (Å²) >= 11 is 0. The number of nitrogens with zero attached hydrogens (tertiary/aromatic N) is 1. The predicted molar refractivity (Wildman–Crippen MR) is 122 cm³/mol. The monoisotopic (exact) mass is 436 g/mol. The van der Waals surface area contributed by atoms with E-state index in [-0.39, 0.29) is 0 Å². The van der Waals surface area contributed by atoms with Crippen molar-refractivity contribution in [2.24, 2.45) is 7.05 Å². The van der Waals surface area contributed by atoms with Crippen LogP contribution in [0.5, 0.6) is 5.75 Å². The van der Waals surface area contributed by atoms with Crippen molar-refractivity contribution >= 4 is 17.6 Å². The third kappa shape index (κ3) is 6.91. The van der Waals surface area contributed by atoms with Gasteiger partial charge < -0.3 is 24.1 Å². The Labute approximate surface area is 187 Å². The average molecular weight is 437 g/mol. The predicted octanol–water partition coefficient (Wildman–Crippen LogP) is 3.98. The first kappa shape index (κ1) is 22.9. The number of methoxy groups -OCH3 is 1. The smallest absolute Gasteiger partial charge is 0.355 e. The van der Waals surface area contributed by atoms with Crippen LogP contribution in [0.2, 0.25) is 0 Å².